The summed E-state index contributed by atoms with van der Waals surface area (Å²) >= 11 is 0. The Bertz CT molecular complexity index is 845. The molecule has 0 amide bonds. The van der Waals surface area contributed by atoms with Crippen molar-refractivity contribution in [2.75, 3.05) is 7.11 Å². The van der Waals surface area contributed by atoms with Crippen molar-refractivity contribution >= 4 is 5.97 Å². The molecule has 24 heavy (non-hydrogen) atoms. The summed E-state index contributed by atoms with van der Waals surface area (Å²) in [5, 5.41) is 10.3. The summed E-state index contributed by atoms with van der Waals surface area (Å²) < 4.78 is 4.93. The van der Waals surface area contributed by atoms with E-state index in [4.69, 9.17) is 4.74 Å². The lowest BCUT2D eigenvalue weighted by Crippen LogP contribution is -2.14. The van der Waals surface area contributed by atoms with Crippen molar-refractivity contribution < 1.29 is 14.6 Å². The maximum Gasteiger partial charge on any atom is 0.338 e. The molecule has 0 unspecified atom stereocenters. The van der Waals surface area contributed by atoms with E-state index in [0.29, 0.717) is 5.56 Å². The van der Waals surface area contributed by atoms with Crippen molar-refractivity contribution in [1.82, 2.24) is 0 Å². The second kappa shape index (κ2) is 6.10. The van der Waals surface area contributed by atoms with Gasteiger partial charge in [0.05, 0.1) is 18.3 Å². The van der Waals surface area contributed by atoms with Crippen molar-refractivity contribution in [3.63, 3.8) is 0 Å². The second-order valence-electron chi connectivity index (χ2n) is 6.34. The summed E-state index contributed by atoms with van der Waals surface area (Å²) in [4.78, 5) is 12.2. The minimum Gasteiger partial charge on any atom is -0.465 e. The molecule has 1 N–H and O–H groups in total. The first kappa shape index (κ1) is 16.2. The predicted octanol–water partition coefficient (Wildman–Crippen LogP) is 4.47. The zero-order chi connectivity index (χ0) is 17.3. The Morgan fingerprint density at radius 1 is 0.917 bits per heavy atom. The molecule has 0 aromatic heterocycles. The number of benzene rings is 1. The number of aliphatic hydroxyl groups is 1. The molecule has 0 fully saturated rings. The average molecular weight is 320 g/mol. The van der Waals surface area contributed by atoms with Crippen LogP contribution in [0.1, 0.15) is 29.8 Å². The summed E-state index contributed by atoms with van der Waals surface area (Å²) in [6.07, 6.45) is 0. The number of ether oxygens (including phenoxy) is 1. The number of carbonyl (C=O) groups excluding carboxylic acids is 1. The smallest absolute Gasteiger partial charge is 0.338 e. The van der Waals surface area contributed by atoms with Crippen molar-refractivity contribution in [2.24, 2.45) is 0 Å². The molecule has 0 saturated heterocycles. The van der Waals surface area contributed by atoms with Crippen LogP contribution in [-0.2, 0) is 10.3 Å². The van der Waals surface area contributed by atoms with Gasteiger partial charge in [-0.1, -0.05) is 54.6 Å². The van der Waals surface area contributed by atoms with Crippen LogP contribution in [0.4, 0.5) is 0 Å². The van der Waals surface area contributed by atoms with Crippen molar-refractivity contribution in [3.05, 3.63) is 71.8 Å². The summed E-state index contributed by atoms with van der Waals surface area (Å²) in [6.45, 7) is 3.48. The third-order valence-electron chi connectivity index (χ3n) is 4.21. The molecule has 0 radical (unpaired) electrons. The molecule has 0 bridgehead atoms. The SMILES string of the molecule is COC(=O)c1cc(-c2ccccc2)c2ccc(C(C)(C)O)ccc1-2. The number of rotatable bonds is 3. The van der Waals surface area contributed by atoms with E-state index in [0.717, 1.165) is 27.8 Å². The molecule has 3 rings (SSSR count). The third kappa shape index (κ3) is 2.91. The quantitative estimate of drug-likeness (QED) is 0.724. The lowest BCUT2D eigenvalue weighted by molar-refractivity contribution is 0.0602. The Kier molecular flexibility index (Phi) is 4.12. The molecule has 1 aromatic rings. The van der Waals surface area contributed by atoms with Crippen LogP contribution in [0, 0.1) is 0 Å². The maximum atomic E-state index is 12.2. The molecular formula is C21H20O3. The normalized spacial score (nSPS) is 11.5. The number of carbonyl (C=O) groups is 1. The Balaban J connectivity index is 2.28. The molecule has 3 nitrogen and oxygen atoms in total. The Morgan fingerprint density at radius 2 is 1.54 bits per heavy atom. The molecule has 3 heteroatoms. The molecule has 2 aliphatic rings. The zero-order valence-electron chi connectivity index (χ0n) is 14.0. The van der Waals surface area contributed by atoms with Crippen LogP contribution in [-0.4, -0.2) is 18.2 Å². The van der Waals surface area contributed by atoms with E-state index in [-0.39, 0.29) is 5.97 Å². The van der Waals surface area contributed by atoms with E-state index in [2.05, 4.69) is 0 Å². The maximum absolute atomic E-state index is 12.2. The molecule has 0 spiro atoms. The fourth-order valence-electron chi connectivity index (χ4n) is 2.89. The van der Waals surface area contributed by atoms with E-state index in [1.165, 1.54) is 7.11 Å². The summed E-state index contributed by atoms with van der Waals surface area (Å²) in [6, 6.07) is 19.4. The van der Waals surface area contributed by atoms with Crippen LogP contribution in [0.2, 0.25) is 0 Å². The topological polar surface area (TPSA) is 46.5 Å². The van der Waals surface area contributed by atoms with E-state index < -0.39 is 5.60 Å². The Morgan fingerprint density at radius 3 is 2.12 bits per heavy atom. The zero-order valence-corrected chi connectivity index (χ0v) is 14.0. The van der Waals surface area contributed by atoms with Gasteiger partial charge in [0.25, 0.3) is 0 Å². The highest BCUT2D eigenvalue weighted by Crippen LogP contribution is 2.39. The van der Waals surface area contributed by atoms with Crippen LogP contribution in [0.15, 0.2) is 60.7 Å². The van der Waals surface area contributed by atoms with E-state index in [1.807, 2.05) is 60.7 Å². The third-order valence-corrected chi connectivity index (χ3v) is 4.21. The molecule has 2 aliphatic carbocycles. The molecule has 122 valence electrons. The highest BCUT2D eigenvalue weighted by Gasteiger charge is 2.22. The summed E-state index contributed by atoms with van der Waals surface area (Å²) in [5.74, 6) is -0.363. The number of hydrogen-bond acceptors (Lipinski definition) is 3. The van der Waals surface area contributed by atoms with Crippen LogP contribution in [0.3, 0.4) is 0 Å². The van der Waals surface area contributed by atoms with Crippen LogP contribution in [0.5, 0.6) is 0 Å². The lowest BCUT2D eigenvalue weighted by atomic mass is 10.0. The highest BCUT2D eigenvalue weighted by molar-refractivity contribution is 6.04. The van der Waals surface area contributed by atoms with Gasteiger partial charge in [-0.2, -0.15) is 0 Å². The van der Waals surface area contributed by atoms with Gasteiger partial charge in [0.1, 0.15) is 0 Å². The lowest BCUT2D eigenvalue weighted by Gasteiger charge is -2.15. The van der Waals surface area contributed by atoms with Gasteiger partial charge in [0, 0.05) is 0 Å². The summed E-state index contributed by atoms with van der Waals surface area (Å²) in [5.41, 5.74) is 4.15. The van der Waals surface area contributed by atoms with E-state index >= 15 is 0 Å². The summed E-state index contributed by atoms with van der Waals surface area (Å²) in [7, 11) is 1.38. The highest BCUT2D eigenvalue weighted by atomic mass is 16.5. The van der Waals surface area contributed by atoms with Crippen LogP contribution >= 0.6 is 0 Å². The molecule has 0 heterocycles. The minimum atomic E-state index is -0.950. The van der Waals surface area contributed by atoms with Gasteiger partial charge in [-0.15, -0.1) is 0 Å². The van der Waals surface area contributed by atoms with Gasteiger partial charge < -0.3 is 9.84 Å². The van der Waals surface area contributed by atoms with E-state index in [9.17, 15) is 9.90 Å². The number of hydrogen-bond donors (Lipinski definition) is 1. The van der Waals surface area contributed by atoms with Gasteiger partial charge in [0.15, 0.2) is 0 Å². The molecule has 0 aliphatic heterocycles. The predicted molar refractivity (Wildman–Crippen MR) is 95.1 cm³/mol. The first-order chi connectivity index (χ1) is 11.4. The van der Waals surface area contributed by atoms with Crippen molar-refractivity contribution in [2.45, 2.75) is 19.4 Å². The fraction of sp³-hybridized carbons (Fsp3) is 0.190. The van der Waals surface area contributed by atoms with Crippen LogP contribution < -0.4 is 0 Å². The second-order valence-corrected chi connectivity index (χ2v) is 6.34. The average Bonchev–Trinajstić information content (AvgIpc) is 2.77. The standard InChI is InChI=1S/C21H20O3/c1-21(2,23)15-9-11-16-17(12-10-15)19(20(22)24-3)13-18(16)14-7-5-4-6-8-14/h4-13,23H,1-3H3. The van der Waals surface area contributed by atoms with Gasteiger partial charge in [0.2, 0.25) is 0 Å². The van der Waals surface area contributed by atoms with Crippen molar-refractivity contribution in [1.29, 1.82) is 0 Å². The van der Waals surface area contributed by atoms with Gasteiger partial charge >= 0.3 is 5.97 Å². The first-order valence-corrected chi connectivity index (χ1v) is 7.85. The van der Waals surface area contributed by atoms with Gasteiger partial charge in [-0.05, 0) is 47.7 Å². The van der Waals surface area contributed by atoms with Gasteiger partial charge in [-0.25, -0.2) is 4.79 Å². The molecular weight excluding hydrogens is 300 g/mol. The largest absolute Gasteiger partial charge is 0.465 e. The molecule has 0 atom stereocenters. The fourth-order valence-corrected chi connectivity index (χ4v) is 2.89. The van der Waals surface area contributed by atoms with Crippen LogP contribution in [0.25, 0.3) is 22.3 Å². The number of methoxy groups -OCH3 is 1. The first-order valence-electron chi connectivity index (χ1n) is 7.85. The number of fused-ring (bicyclic) bond motifs is 1. The minimum absolute atomic E-state index is 0.363. The van der Waals surface area contributed by atoms with Gasteiger partial charge in [-0.3, -0.25) is 0 Å². The Hall–Kier alpha value is -2.65. The number of esters is 1. The van der Waals surface area contributed by atoms with E-state index in [1.54, 1.807) is 13.8 Å². The van der Waals surface area contributed by atoms with Crippen molar-refractivity contribution in [3.8, 4) is 22.3 Å². The monoisotopic (exact) mass is 320 g/mol. The molecule has 0 saturated carbocycles. The Labute approximate surface area is 141 Å². The molecule has 1 aromatic carbocycles.